The number of piperidine rings is 2. The average molecular weight is 944 g/mol. The van der Waals surface area contributed by atoms with Crippen molar-refractivity contribution in [1.29, 1.82) is 0 Å². The molecule has 0 radical (unpaired) electrons. The second-order valence-electron chi connectivity index (χ2n) is 19.4. The number of nitrogens with zero attached hydrogens (tertiary/aromatic N) is 6. The van der Waals surface area contributed by atoms with Gasteiger partial charge in [-0.25, -0.2) is 4.98 Å². The maximum absolute atomic E-state index is 13.2. The lowest BCUT2D eigenvalue weighted by atomic mass is 9.97. The van der Waals surface area contributed by atoms with Crippen molar-refractivity contribution in [2.24, 2.45) is 0 Å². The van der Waals surface area contributed by atoms with Crippen LogP contribution in [0.2, 0.25) is 0 Å². The minimum absolute atomic E-state index is 0.00367. The molecule has 0 aliphatic carbocycles. The van der Waals surface area contributed by atoms with E-state index in [0.29, 0.717) is 65.7 Å². The fourth-order valence-corrected chi connectivity index (χ4v) is 11.1. The molecule has 4 aromatic rings. The maximum Gasteiger partial charge on any atom is 0.316 e. The summed E-state index contributed by atoms with van der Waals surface area (Å²) in [7, 11) is 6.38. The number of aliphatic hydroxyl groups excluding tert-OH is 2. The molecule has 2 amide bonds. The SMILES string of the molecule is CN1CCN(CC(=O)N2c3ccccc3C(=O)Nc3cccnc32)CC1.CN1[C@@H]2CC[C@H]1C[C@@H](OC(=O)C(CO)c1ccccc1)C2.CN1[C@@H]2C[C@@H](OC(=O)[C@H](CO)c3ccccc3)C[C@H]1[C@@H]1O[C@@H]12. The molecule has 10 atom stereocenters. The monoisotopic (exact) mass is 943 g/mol. The van der Waals surface area contributed by atoms with Crippen LogP contribution in [0.15, 0.2) is 103 Å². The minimum Gasteiger partial charge on any atom is -0.462 e. The number of epoxide rings is 1. The van der Waals surface area contributed by atoms with Gasteiger partial charge in [-0.15, -0.1) is 0 Å². The van der Waals surface area contributed by atoms with Crippen molar-refractivity contribution in [3.8, 4) is 0 Å². The van der Waals surface area contributed by atoms with Crippen molar-refractivity contribution in [2.45, 2.75) is 98.9 Å². The highest BCUT2D eigenvalue weighted by molar-refractivity contribution is 6.17. The molecule has 0 saturated carbocycles. The number of benzene rings is 3. The zero-order valence-corrected chi connectivity index (χ0v) is 39.7. The molecule has 4 bridgehead atoms. The van der Waals surface area contributed by atoms with Gasteiger partial charge < -0.3 is 39.5 Å². The van der Waals surface area contributed by atoms with E-state index >= 15 is 0 Å². The molecule has 1 unspecified atom stereocenters. The predicted molar refractivity (Wildman–Crippen MR) is 259 cm³/mol. The second kappa shape index (κ2) is 21.6. The third kappa shape index (κ3) is 10.8. The first kappa shape index (κ1) is 48.4. The summed E-state index contributed by atoms with van der Waals surface area (Å²) in [5.74, 6) is -1.63. The Hall–Kier alpha value is -5.59. The summed E-state index contributed by atoms with van der Waals surface area (Å²) in [6.07, 6.45) is 8.15. The Bertz CT molecular complexity index is 2390. The Balaban J connectivity index is 0.000000130. The van der Waals surface area contributed by atoms with Gasteiger partial charge in [-0.2, -0.15) is 0 Å². The number of fused-ring (bicyclic) bond motifs is 9. The van der Waals surface area contributed by atoms with Crippen LogP contribution in [0.4, 0.5) is 17.2 Å². The van der Waals surface area contributed by atoms with Gasteiger partial charge >= 0.3 is 11.9 Å². The molecule has 16 nitrogen and oxygen atoms in total. The number of amides is 2. The van der Waals surface area contributed by atoms with Crippen molar-refractivity contribution in [2.75, 3.05) is 77.3 Å². The third-order valence-electron chi connectivity index (χ3n) is 15.2. The number of rotatable bonds is 10. The Morgan fingerprint density at radius 2 is 1.23 bits per heavy atom. The van der Waals surface area contributed by atoms with Crippen LogP contribution in [0, 0.1) is 0 Å². The molecule has 1 aromatic heterocycles. The van der Waals surface area contributed by atoms with Crippen molar-refractivity contribution in [3.63, 3.8) is 0 Å². The number of hydrogen-bond acceptors (Lipinski definition) is 14. The largest absolute Gasteiger partial charge is 0.462 e. The molecule has 69 heavy (non-hydrogen) atoms. The summed E-state index contributed by atoms with van der Waals surface area (Å²) in [6.45, 7) is 3.46. The molecule has 16 heteroatoms. The highest BCUT2D eigenvalue weighted by atomic mass is 16.6. The number of carbonyl (C=O) groups excluding carboxylic acids is 4. The van der Waals surface area contributed by atoms with E-state index < -0.39 is 11.8 Å². The van der Waals surface area contributed by atoms with Crippen molar-refractivity contribution >= 4 is 40.9 Å². The first-order valence-electron chi connectivity index (χ1n) is 24.4. The number of ether oxygens (including phenoxy) is 3. The van der Waals surface area contributed by atoms with Crippen LogP contribution < -0.4 is 10.2 Å². The molecular weight excluding hydrogens is 879 g/mol. The standard InChI is InChI=1S/C19H21N5O2.C17H21NO4.C17H23NO3/c1-22-9-11-23(12-10-22)13-17(25)24-16-7-3-2-5-14(16)19(26)21-15-6-4-8-20-18(15)24;1-18-13-7-11(8-14(18)16-15(13)22-16)21-17(20)12(9-19)10-5-3-2-4-6-10;1-18-13-7-8-14(18)10-15(9-13)21-17(20)16(11-19)12-5-3-2-4-6-12/h2-8H,9-13H2,1H3,(H,21,26);2-6,11-16,19H,7-9H2,1H3;2-6,13-16,19H,7-11H2,1H3/t;11-,12-,13-,14+,15-,16+;13-,14+,15+,16?/m.1./s1. The molecule has 7 aliphatic heterocycles. The van der Waals surface area contributed by atoms with Gasteiger partial charge in [0.05, 0.1) is 36.7 Å². The highest BCUT2D eigenvalue weighted by Gasteiger charge is 2.63. The molecule has 0 spiro atoms. The van der Waals surface area contributed by atoms with Gasteiger partial charge in [-0.05, 0) is 82.2 Å². The first-order valence-corrected chi connectivity index (χ1v) is 24.4. The molecule has 3 N–H and O–H groups in total. The Labute approximate surface area is 404 Å². The normalized spacial score (nSPS) is 27.8. The van der Waals surface area contributed by atoms with E-state index in [-0.39, 0.29) is 49.2 Å². The maximum atomic E-state index is 13.2. The summed E-state index contributed by atoms with van der Waals surface area (Å²) >= 11 is 0. The zero-order chi connectivity index (χ0) is 48.2. The molecule has 6 saturated heterocycles. The fraction of sp³-hybridized carbons (Fsp3) is 0.491. The lowest BCUT2D eigenvalue weighted by Crippen LogP contribution is -2.48. The number of piperazine rings is 1. The van der Waals surface area contributed by atoms with Crippen LogP contribution in [0.25, 0.3) is 0 Å². The number of anilines is 3. The van der Waals surface area contributed by atoms with E-state index in [1.807, 2.05) is 66.7 Å². The summed E-state index contributed by atoms with van der Waals surface area (Å²) in [4.78, 5) is 65.7. The van der Waals surface area contributed by atoms with E-state index in [9.17, 15) is 29.4 Å². The average Bonchev–Trinajstić information content (AvgIpc) is 4.12. The summed E-state index contributed by atoms with van der Waals surface area (Å²) < 4.78 is 17.1. The summed E-state index contributed by atoms with van der Waals surface area (Å²) in [5.41, 5.74) is 3.21. The van der Waals surface area contributed by atoms with Gasteiger partial charge in [0.15, 0.2) is 5.82 Å². The van der Waals surface area contributed by atoms with Crippen LogP contribution >= 0.6 is 0 Å². The number of esters is 2. The van der Waals surface area contributed by atoms with Gasteiger partial charge in [0.25, 0.3) is 5.91 Å². The van der Waals surface area contributed by atoms with Crippen molar-refractivity contribution < 1.29 is 43.6 Å². The predicted octanol–water partition coefficient (Wildman–Crippen LogP) is 4.41. The van der Waals surface area contributed by atoms with E-state index in [1.165, 1.54) is 12.8 Å². The lowest BCUT2D eigenvalue weighted by Gasteiger charge is -2.38. The Morgan fingerprint density at radius 3 is 1.80 bits per heavy atom. The zero-order valence-electron chi connectivity index (χ0n) is 39.7. The molecule has 6 fully saturated rings. The molecule has 8 heterocycles. The summed E-state index contributed by atoms with van der Waals surface area (Å²) in [5, 5.41) is 21.9. The molecule has 11 rings (SSSR count). The number of para-hydroxylation sites is 1. The van der Waals surface area contributed by atoms with Crippen molar-refractivity contribution in [1.82, 2.24) is 24.6 Å². The number of aliphatic hydroxyl groups is 2. The van der Waals surface area contributed by atoms with Gasteiger partial charge in [0.1, 0.15) is 36.3 Å². The number of morpholine rings is 1. The van der Waals surface area contributed by atoms with Gasteiger partial charge in [-0.3, -0.25) is 33.9 Å². The molecule has 366 valence electrons. The molecular formula is C53H65N7O9. The first-order chi connectivity index (χ1) is 33.5. The van der Waals surface area contributed by atoms with Crippen LogP contribution in [0.5, 0.6) is 0 Å². The van der Waals surface area contributed by atoms with Crippen LogP contribution in [0.1, 0.15) is 71.8 Å². The van der Waals surface area contributed by atoms with Gasteiger partial charge in [0, 0.05) is 69.4 Å². The number of aromatic nitrogens is 1. The van der Waals surface area contributed by atoms with E-state index in [4.69, 9.17) is 14.2 Å². The summed E-state index contributed by atoms with van der Waals surface area (Å²) in [6, 6.07) is 31.2. The molecule has 7 aliphatic rings. The minimum atomic E-state index is -0.593. The Kier molecular flexibility index (Phi) is 15.2. The van der Waals surface area contributed by atoms with Gasteiger partial charge in [-0.1, -0.05) is 72.8 Å². The number of hydrogen-bond donors (Lipinski definition) is 3. The van der Waals surface area contributed by atoms with E-state index in [1.54, 1.807) is 41.4 Å². The number of carbonyl (C=O) groups is 4. The fourth-order valence-electron chi connectivity index (χ4n) is 11.1. The number of likely N-dealkylation sites (N-methyl/N-ethyl adjacent to an activating group) is 2. The number of nitrogens with one attached hydrogen (secondary N) is 1. The Morgan fingerprint density at radius 1 is 0.696 bits per heavy atom. The van der Waals surface area contributed by atoms with Crippen LogP contribution in [-0.2, 0) is 28.6 Å². The highest BCUT2D eigenvalue weighted by Crippen LogP contribution is 2.48. The number of pyridine rings is 1. The second-order valence-corrected chi connectivity index (χ2v) is 19.4. The third-order valence-corrected chi connectivity index (χ3v) is 15.2. The van der Waals surface area contributed by atoms with Gasteiger partial charge in [0.2, 0.25) is 5.91 Å². The smallest absolute Gasteiger partial charge is 0.316 e. The van der Waals surface area contributed by atoms with Crippen LogP contribution in [-0.4, -0.2) is 174 Å². The molecule has 3 aromatic carbocycles. The van der Waals surface area contributed by atoms with E-state index in [0.717, 1.165) is 63.0 Å². The van der Waals surface area contributed by atoms with E-state index in [2.05, 4.69) is 51.0 Å². The van der Waals surface area contributed by atoms with Crippen molar-refractivity contribution in [3.05, 3.63) is 120 Å². The lowest BCUT2D eigenvalue weighted by molar-refractivity contribution is -0.157. The topological polar surface area (TPSA) is 181 Å². The quantitative estimate of drug-likeness (QED) is 0.150. The van der Waals surface area contributed by atoms with Crippen LogP contribution in [0.3, 0.4) is 0 Å².